The van der Waals surface area contributed by atoms with Crippen molar-refractivity contribution in [2.24, 2.45) is 5.41 Å². The van der Waals surface area contributed by atoms with Gasteiger partial charge >= 0.3 is 5.69 Å². The van der Waals surface area contributed by atoms with Gasteiger partial charge in [-0.2, -0.15) is 0 Å². The largest absolute Gasteiger partial charge is 0.483 e. The zero-order chi connectivity index (χ0) is 15.1. The molecular formula is C13H16BrFN2O3. The van der Waals surface area contributed by atoms with Crippen LogP contribution in [-0.2, 0) is 0 Å². The van der Waals surface area contributed by atoms with E-state index in [1.165, 1.54) is 0 Å². The van der Waals surface area contributed by atoms with Crippen molar-refractivity contribution < 1.29 is 14.1 Å². The van der Waals surface area contributed by atoms with Crippen molar-refractivity contribution in [3.63, 3.8) is 0 Å². The van der Waals surface area contributed by atoms with Gasteiger partial charge in [-0.25, -0.2) is 4.39 Å². The second-order valence-corrected chi connectivity index (χ2v) is 6.35. The van der Waals surface area contributed by atoms with Gasteiger partial charge in [-0.1, -0.05) is 13.8 Å². The molecule has 1 aromatic rings. The lowest BCUT2D eigenvalue weighted by molar-refractivity contribution is -0.386. The van der Waals surface area contributed by atoms with Crippen LogP contribution < -0.4 is 10.1 Å². The fourth-order valence-corrected chi connectivity index (χ4v) is 2.82. The maximum atomic E-state index is 13.6. The predicted molar refractivity (Wildman–Crippen MR) is 76.4 cm³/mol. The highest BCUT2D eigenvalue weighted by Crippen LogP contribution is 2.44. The Kier molecular flexibility index (Phi) is 4.02. The van der Waals surface area contributed by atoms with Crippen molar-refractivity contribution in [2.45, 2.75) is 32.4 Å². The van der Waals surface area contributed by atoms with Crippen LogP contribution in [0.2, 0.25) is 0 Å². The van der Waals surface area contributed by atoms with Crippen LogP contribution in [0.25, 0.3) is 0 Å². The van der Waals surface area contributed by atoms with E-state index in [-0.39, 0.29) is 33.5 Å². The zero-order valence-electron chi connectivity index (χ0n) is 11.4. The van der Waals surface area contributed by atoms with Crippen LogP contribution in [-0.4, -0.2) is 24.1 Å². The van der Waals surface area contributed by atoms with Gasteiger partial charge in [0.25, 0.3) is 0 Å². The minimum absolute atomic E-state index is 0.0247. The van der Waals surface area contributed by atoms with E-state index in [1.54, 1.807) is 0 Å². The summed E-state index contributed by atoms with van der Waals surface area (Å²) in [7, 11) is 1.87. The molecule has 7 heteroatoms. The van der Waals surface area contributed by atoms with Crippen LogP contribution in [0.1, 0.15) is 20.3 Å². The molecule has 1 N–H and O–H groups in total. The molecule has 0 aliphatic heterocycles. The second kappa shape index (κ2) is 5.29. The molecule has 2 rings (SSSR count). The molecule has 0 saturated heterocycles. The fourth-order valence-electron chi connectivity index (χ4n) is 2.48. The van der Waals surface area contributed by atoms with Gasteiger partial charge in [0, 0.05) is 30.0 Å². The van der Waals surface area contributed by atoms with Crippen LogP contribution in [0, 0.1) is 21.3 Å². The van der Waals surface area contributed by atoms with E-state index in [4.69, 9.17) is 4.74 Å². The minimum atomic E-state index is -0.576. The molecule has 2 unspecified atom stereocenters. The van der Waals surface area contributed by atoms with Crippen LogP contribution >= 0.6 is 15.9 Å². The van der Waals surface area contributed by atoms with Gasteiger partial charge in [-0.05, 0) is 23.0 Å². The molecule has 0 amide bonds. The average molecular weight is 347 g/mol. The Hall–Kier alpha value is -1.21. The third-order valence-corrected chi connectivity index (χ3v) is 4.60. The van der Waals surface area contributed by atoms with E-state index in [0.717, 1.165) is 18.6 Å². The first-order chi connectivity index (χ1) is 9.27. The van der Waals surface area contributed by atoms with Gasteiger partial charge in [0.15, 0.2) is 5.75 Å². The van der Waals surface area contributed by atoms with Crippen molar-refractivity contribution in [1.82, 2.24) is 5.32 Å². The number of nitro groups is 1. The highest BCUT2D eigenvalue weighted by atomic mass is 79.9. The SMILES string of the molecule is CNC1CC(Oc2cc(F)c(Br)cc2[N+](=O)[O-])C1(C)C. The summed E-state index contributed by atoms with van der Waals surface area (Å²) >= 11 is 2.94. The summed E-state index contributed by atoms with van der Waals surface area (Å²) in [6.07, 6.45) is 0.553. The first kappa shape index (κ1) is 15.2. The molecule has 0 aromatic heterocycles. The number of benzene rings is 1. The van der Waals surface area contributed by atoms with E-state index in [1.807, 2.05) is 20.9 Å². The van der Waals surface area contributed by atoms with Gasteiger partial charge in [0.05, 0.1) is 9.40 Å². The van der Waals surface area contributed by atoms with Crippen molar-refractivity contribution >= 4 is 21.6 Å². The van der Waals surface area contributed by atoms with Crippen LogP contribution in [0.4, 0.5) is 10.1 Å². The van der Waals surface area contributed by atoms with Gasteiger partial charge in [-0.3, -0.25) is 10.1 Å². The van der Waals surface area contributed by atoms with E-state index in [0.29, 0.717) is 0 Å². The molecule has 0 heterocycles. The Morgan fingerprint density at radius 2 is 2.20 bits per heavy atom. The van der Waals surface area contributed by atoms with Crippen molar-refractivity contribution in [2.75, 3.05) is 7.05 Å². The standard InChI is InChI=1S/C13H16BrFN2O3/c1-13(2)11(16-3)6-12(13)20-10-5-8(15)7(14)4-9(10)17(18)19/h4-5,11-12,16H,6H2,1-3H3. The smallest absolute Gasteiger partial charge is 0.312 e. The van der Waals surface area contributed by atoms with Crippen molar-refractivity contribution in [3.05, 3.63) is 32.5 Å². The normalized spacial score (nSPS) is 24.1. The maximum absolute atomic E-state index is 13.6. The number of nitrogens with one attached hydrogen (secondary N) is 1. The Balaban J connectivity index is 2.26. The summed E-state index contributed by atoms with van der Waals surface area (Å²) in [6.45, 7) is 4.03. The zero-order valence-corrected chi connectivity index (χ0v) is 13.0. The molecule has 20 heavy (non-hydrogen) atoms. The molecule has 0 bridgehead atoms. The van der Waals surface area contributed by atoms with Gasteiger partial charge in [0.1, 0.15) is 11.9 Å². The molecule has 1 fully saturated rings. The van der Waals surface area contributed by atoms with Crippen LogP contribution in [0.3, 0.4) is 0 Å². The highest BCUT2D eigenvalue weighted by Gasteiger charge is 2.49. The number of nitrogens with zero attached hydrogens (tertiary/aromatic N) is 1. The Morgan fingerprint density at radius 3 is 2.70 bits per heavy atom. The lowest BCUT2D eigenvalue weighted by Gasteiger charge is -2.51. The molecule has 0 spiro atoms. The average Bonchev–Trinajstić information content (AvgIpc) is 2.37. The number of nitro benzene ring substituents is 1. The van der Waals surface area contributed by atoms with E-state index >= 15 is 0 Å². The number of hydrogen-bond acceptors (Lipinski definition) is 4. The fraction of sp³-hybridized carbons (Fsp3) is 0.538. The van der Waals surface area contributed by atoms with Crippen molar-refractivity contribution in [1.29, 1.82) is 0 Å². The summed E-state index contributed by atoms with van der Waals surface area (Å²) in [6, 6.07) is 2.48. The number of halogens is 2. The summed E-state index contributed by atoms with van der Waals surface area (Å²) < 4.78 is 19.3. The topological polar surface area (TPSA) is 64.4 Å². The highest BCUT2D eigenvalue weighted by molar-refractivity contribution is 9.10. The number of ether oxygens (including phenoxy) is 1. The lowest BCUT2D eigenvalue weighted by atomic mass is 9.64. The van der Waals surface area contributed by atoms with Crippen LogP contribution in [0.15, 0.2) is 16.6 Å². The van der Waals surface area contributed by atoms with E-state index < -0.39 is 10.7 Å². The van der Waals surface area contributed by atoms with Gasteiger partial charge < -0.3 is 10.1 Å². The Bertz CT molecular complexity index is 551. The molecule has 5 nitrogen and oxygen atoms in total. The molecule has 110 valence electrons. The molecule has 1 aromatic carbocycles. The molecule has 0 radical (unpaired) electrons. The Labute approximate surface area is 124 Å². The first-order valence-corrected chi connectivity index (χ1v) is 7.04. The number of rotatable bonds is 4. The van der Waals surface area contributed by atoms with E-state index in [9.17, 15) is 14.5 Å². The molecule has 2 atom stereocenters. The summed E-state index contributed by atoms with van der Waals surface area (Å²) in [5.74, 6) is -0.601. The van der Waals surface area contributed by atoms with Gasteiger partial charge in [0.2, 0.25) is 0 Å². The summed E-state index contributed by atoms with van der Waals surface area (Å²) in [5, 5.41) is 14.2. The maximum Gasteiger partial charge on any atom is 0.312 e. The van der Waals surface area contributed by atoms with Gasteiger partial charge in [-0.15, -0.1) is 0 Å². The number of hydrogen-bond donors (Lipinski definition) is 1. The molecule has 1 aliphatic carbocycles. The first-order valence-electron chi connectivity index (χ1n) is 6.24. The van der Waals surface area contributed by atoms with E-state index in [2.05, 4.69) is 21.2 Å². The third kappa shape index (κ3) is 2.52. The Morgan fingerprint density at radius 1 is 1.55 bits per heavy atom. The minimum Gasteiger partial charge on any atom is -0.483 e. The van der Waals surface area contributed by atoms with Crippen molar-refractivity contribution in [3.8, 4) is 5.75 Å². The quantitative estimate of drug-likeness (QED) is 0.671. The molecule has 1 saturated carbocycles. The summed E-state index contributed by atoms with van der Waals surface area (Å²) in [4.78, 5) is 10.5. The third-order valence-electron chi connectivity index (χ3n) is 3.99. The monoisotopic (exact) mass is 346 g/mol. The molecule has 1 aliphatic rings. The molecular weight excluding hydrogens is 331 g/mol. The van der Waals surface area contributed by atoms with Crippen LogP contribution in [0.5, 0.6) is 5.75 Å². The summed E-state index contributed by atoms with van der Waals surface area (Å²) in [5.41, 5.74) is -0.395. The predicted octanol–water partition coefficient (Wildman–Crippen LogP) is 3.26. The second-order valence-electron chi connectivity index (χ2n) is 5.50. The lowest BCUT2D eigenvalue weighted by Crippen LogP contribution is -2.61.